The summed E-state index contributed by atoms with van der Waals surface area (Å²) < 4.78 is 19.2. The molecule has 0 saturated carbocycles. The van der Waals surface area contributed by atoms with Gasteiger partial charge in [-0.2, -0.15) is 5.10 Å². The summed E-state index contributed by atoms with van der Waals surface area (Å²) in [6, 6.07) is 31.3. The third-order valence-corrected chi connectivity index (χ3v) is 5.91. The monoisotopic (exact) mass is 509 g/mol. The molecule has 0 aliphatic rings. The largest absolute Gasteiger partial charge is 0.484 e. The van der Waals surface area contributed by atoms with Crippen LogP contribution in [0.4, 0.5) is 4.39 Å². The molecule has 4 aromatic carbocycles. The zero-order chi connectivity index (χ0) is 25.6. The minimum atomic E-state index is -0.459. The van der Waals surface area contributed by atoms with E-state index in [4.69, 9.17) is 21.3 Å². The van der Waals surface area contributed by atoms with Crippen LogP contribution in [-0.2, 0) is 4.79 Å². The van der Waals surface area contributed by atoms with Crippen molar-refractivity contribution in [2.75, 3.05) is 6.61 Å². The van der Waals surface area contributed by atoms with Crippen LogP contribution in [0.25, 0.3) is 33.3 Å². The fraction of sp³-hybridized carbons (Fsp3) is 0.0333. The first-order valence-corrected chi connectivity index (χ1v) is 11.9. The molecule has 1 heterocycles. The van der Waals surface area contributed by atoms with Crippen molar-refractivity contribution in [3.63, 3.8) is 0 Å². The zero-order valence-corrected chi connectivity index (χ0v) is 20.3. The van der Waals surface area contributed by atoms with Gasteiger partial charge in [0.15, 0.2) is 6.61 Å². The first-order valence-electron chi connectivity index (χ1n) is 11.5. The molecular weight excluding hydrogens is 489 g/mol. The maximum Gasteiger partial charge on any atom is 0.277 e. The van der Waals surface area contributed by atoms with Crippen LogP contribution in [0.1, 0.15) is 5.56 Å². The van der Waals surface area contributed by atoms with Crippen LogP contribution in [0, 0.1) is 5.82 Å². The summed E-state index contributed by atoms with van der Waals surface area (Å²) in [6.45, 7) is -0.235. The van der Waals surface area contributed by atoms with Crippen molar-refractivity contribution >= 4 is 34.6 Å². The van der Waals surface area contributed by atoms with E-state index in [1.54, 1.807) is 30.3 Å². The standard InChI is InChI=1S/C30H21ClFN3O2/c31-23-12-15-28-26(16-23)25(20-6-2-1-3-7-20)17-29(34-28)21-10-13-24(14-11-21)37-19-30(36)35-33-18-22-8-4-5-9-27(22)32/h1-18H,19H2,(H,35,36)/b33-18-. The highest BCUT2D eigenvalue weighted by Crippen LogP contribution is 2.33. The maximum absolute atomic E-state index is 13.6. The van der Waals surface area contributed by atoms with Crippen LogP contribution >= 0.6 is 11.6 Å². The van der Waals surface area contributed by atoms with E-state index < -0.39 is 11.7 Å². The lowest BCUT2D eigenvalue weighted by Gasteiger charge is -2.11. The summed E-state index contributed by atoms with van der Waals surface area (Å²) in [5.74, 6) is -0.357. The lowest BCUT2D eigenvalue weighted by atomic mass is 9.98. The molecule has 5 aromatic rings. The molecule has 5 rings (SSSR count). The number of aromatic nitrogens is 1. The Morgan fingerprint density at radius 2 is 1.68 bits per heavy atom. The number of hydrogen-bond donors (Lipinski definition) is 1. The molecule has 1 aromatic heterocycles. The minimum Gasteiger partial charge on any atom is -0.484 e. The highest BCUT2D eigenvalue weighted by atomic mass is 35.5. The molecule has 5 nitrogen and oxygen atoms in total. The summed E-state index contributed by atoms with van der Waals surface area (Å²) in [4.78, 5) is 16.9. The van der Waals surface area contributed by atoms with Gasteiger partial charge < -0.3 is 4.74 Å². The third kappa shape index (κ3) is 5.82. The Morgan fingerprint density at radius 3 is 2.46 bits per heavy atom. The Bertz CT molecular complexity index is 1590. The van der Waals surface area contributed by atoms with E-state index in [0.29, 0.717) is 10.8 Å². The quantitative estimate of drug-likeness (QED) is 0.192. The number of hydrazone groups is 1. The molecular formula is C30H21ClFN3O2. The topological polar surface area (TPSA) is 63.6 Å². The predicted octanol–water partition coefficient (Wildman–Crippen LogP) is 6.89. The second-order valence-corrected chi connectivity index (χ2v) is 8.65. The van der Waals surface area contributed by atoms with E-state index in [1.807, 2.05) is 54.6 Å². The van der Waals surface area contributed by atoms with Crippen molar-refractivity contribution in [2.45, 2.75) is 0 Å². The second kappa shape index (κ2) is 11.0. The number of pyridine rings is 1. The average Bonchev–Trinajstić information content (AvgIpc) is 2.93. The number of carbonyl (C=O) groups excluding carboxylic acids is 1. The predicted molar refractivity (Wildman–Crippen MR) is 145 cm³/mol. The Hall–Kier alpha value is -4.55. The summed E-state index contributed by atoms with van der Waals surface area (Å²) in [5, 5.41) is 5.40. The SMILES string of the molecule is O=C(COc1ccc(-c2cc(-c3ccccc3)c3cc(Cl)ccc3n2)cc1)N/N=C\c1ccccc1F. The number of carbonyl (C=O) groups is 1. The van der Waals surface area contributed by atoms with Gasteiger partial charge in [-0.1, -0.05) is 60.1 Å². The van der Waals surface area contributed by atoms with Gasteiger partial charge in [-0.15, -0.1) is 0 Å². The van der Waals surface area contributed by atoms with Crippen LogP contribution < -0.4 is 10.2 Å². The summed E-state index contributed by atoms with van der Waals surface area (Å²) in [6.07, 6.45) is 1.25. The molecule has 182 valence electrons. The normalized spacial score (nSPS) is 11.1. The summed E-state index contributed by atoms with van der Waals surface area (Å²) >= 11 is 6.27. The number of nitrogens with one attached hydrogen (secondary N) is 1. The number of rotatable bonds is 7. The number of hydrogen-bond acceptors (Lipinski definition) is 4. The fourth-order valence-corrected chi connectivity index (χ4v) is 4.03. The van der Waals surface area contributed by atoms with Gasteiger partial charge in [-0.05, 0) is 65.7 Å². The van der Waals surface area contributed by atoms with Gasteiger partial charge in [0.25, 0.3) is 5.91 Å². The van der Waals surface area contributed by atoms with E-state index in [1.165, 1.54) is 12.3 Å². The minimum absolute atomic E-state index is 0.235. The van der Waals surface area contributed by atoms with Crippen LogP contribution in [0.3, 0.4) is 0 Å². The van der Waals surface area contributed by atoms with Crippen molar-refractivity contribution in [2.24, 2.45) is 5.10 Å². The van der Waals surface area contributed by atoms with Crippen LogP contribution in [0.2, 0.25) is 5.02 Å². The number of benzene rings is 4. The zero-order valence-electron chi connectivity index (χ0n) is 19.6. The van der Waals surface area contributed by atoms with Crippen molar-refractivity contribution in [1.82, 2.24) is 10.4 Å². The number of ether oxygens (including phenoxy) is 1. The highest BCUT2D eigenvalue weighted by molar-refractivity contribution is 6.31. The Balaban J connectivity index is 1.29. The lowest BCUT2D eigenvalue weighted by molar-refractivity contribution is -0.123. The Kier molecular flexibility index (Phi) is 7.19. The van der Waals surface area contributed by atoms with Crippen LogP contribution in [0.15, 0.2) is 108 Å². The summed E-state index contributed by atoms with van der Waals surface area (Å²) in [7, 11) is 0. The molecule has 0 aliphatic carbocycles. The Labute approximate surface area is 218 Å². The fourth-order valence-electron chi connectivity index (χ4n) is 3.86. The molecule has 1 N–H and O–H groups in total. The van der Waals surface area contributed by atoms with Gasteiger partial charge in [0.2, 0.25) is 0 Å². The highest BCUT2D eigenvalue weighted by Gasteiger charge is 2.11. The number of amides is 1. The average molecular weight is 510 g/mol. The van der Waals surface area contributed by atoms with E-state index in [2.05, 4.69) is 22.7 Å². The van der Waals surface area contributed by atoms with Crippen molar-refractivity contribution in [3.8, 4) is 28.1 Å². The number of halogens is 2. The second-order valence-electron chi connectivity index (χ2n) is 8.21. The van der Waals surface area contributed by atoms with Crippen molar-refractivity contribution < 1.29 is 13.9 Å². The first-order chi connectivity index (χ1) is 18.1. The Morgan fingerprint density at radius 1 is 0.919 bits per heavy atom. The van der Waals surface area contributed by atoms with Gasteiger partial charge in [-0.25, -0.2) is 14.8 Å². The summed E-state index contributed by atoms with van der Waals surface area (Å²) in [5.41, 5.74) is 7.27. The first kappa shape index (κ1) is 24.2. The molecule has 0 atom stereocenters. The smallest absolute Gasteiger partial charge is 0.277 e. The van der Waals surface area contributed by atoms with Crippen molar-refractivity contribution in [3.05, 3.63) is 120 Å². The van der Waals surface area contributed by atoms with E-state index in [9.17, 15) is 9.18 Å². The molecule has 0 saturated heterocycles. The molecule has 0 aliphatic heterocycles. The van der Waals surface area contributed by atoms with Gasteiger partial charge in [0.05, 0.1) is 17.4 Å². The number of nitrogens with zero attached hydrogens (tertiary/aromatic N) is 2. The maximum atomic E-state index is 13.6. The van der Waals surface area contributed by atoms with Gasteiger partial charge >= 0.3 is 0 Å². The molecule has 7 heteroatoms. The van der Waals surface area contributed by atoms with Crippen LogP contribution in [0.5, 0.6) is 5.75 Å². The molecule has 0 spiro atoms. The van der Waals surface area contributed by atoms with Gasteiger partial charge in [-0.3, -0.25) is 4.79 Å². The van der Waals surface area contributed by atoms with Gasteiger partial charge in [0, 0.05) is 21.5 Å². The lowest BCUT2D eigenvalue weighted by Crippen LogP contribution is -2.24. The molecule has 1 amide bonds. The third-order valence-electron chi connectivity index (χ3n) is 5.67. The molecule has 0 bridgehead atoms. The molecule has 37 heavy (non-hydrogen) atoms. The molecule has 0 fully saturated rings. The van der Waals surface area contributed by atoms with Gasteiger partial charge in [0.1, 0.15) is 11.6 Å². The van der Waals surface area contributed by atoms with E-state index in [0.717, 1.165) is 33.3 Å². The van der Waals surface area contributed by atoms with E-state index in [-0.39, 0.29) is 12.2 Å². The van der Waals surface area contributed by atoms with Crippen molar-refractivity contribution in [1.29, 1.82) is 0 Å². The number of fused-ring (bicyclic) bond motifs is 1. The molecule has 0 radical (unpaired) electrons. The van der Waals surface area contributed by atoms with E-state index >= 15 is 0 Å². The molecule has 0 unspecified atom stereocenters. The van der Waals surface area contributed by atoms with Crippen LogP contribution in [-0.4, -0.2) is 23.7 Å².